The molecule has 2 rings (SSSR count). The van der Waals surface area contributed by atoms with Gasteiger partial charge >= 0.3 is 0 Å². The van der Waals surface area contributed by atoms with Crippen molar-refractivity contribution in [2.75, 3.05) is 0 Å². The van der Waals surface area contributed by atoms with Gasteiger partial charge in [-0.1, -0.05) is 11.6 Å². The smallest absolute Gasteiger partial charge is 0.0975 e. The minimum Gasteiger partial charge on any atom is -0.361 e. The minimum atomic E-state index is -0.424. The van der Waals surface area contributed by atoms with E-state index in [0.717, 1.165) is 17.0 Å². The van der Waals surface area contributed by atoms with Gasteiger partial charge in [-0.15, -0.1) is 0 Å². The van der Waals surface area contributed by atoms with E-state index in [9.17, 15) is 10.5 Å². The third-order valence-electron chi connectivity index (χ3n) is 3.12. The van der Waals surface area contributed by atoms with Gasteiger partial charge in [0.2, 0.25) is 0 Å². The zero-order valence-electron chi connectivity index (χ0n) is 10.5. The van der Waals surface area contributed by atoms with Crippen molar-refractivity contribution in [3.63, 3.8) is 0 Å². The number of hydrogen-bond donors (Lipinski definition) is 1. The molecule has 94 valence electrons. The molecule has 0 aliphatic carbocycles. The number of rotatable bonds is 1. The predicted molar refractivity (Wildman–Crippen MR) is 71.7 cm³/mol. The van der Waals surface area contributed by atoms with Crippen LogP contribution in [0.5, 0.6) is 0 Å². The first-order valence-electron chi connectivity index (χ1n) is 5.68. The lowest BCUT2D eigenvalue weighted by Gasteiger charge is -2.26. The summed E-state index contributed by atoms with van der Waals surface area (Å²) in [5.74, 6) is -0.424. The Morgan fingerprint density at radius 2 is 1.79 bits per heavy atom. The van der Waals surface area contributed by atoms with E-state index >= 15 is 0 Å². The molecule has 0 spiro atoms. The number of hydrogen-bond acceptors (Lipinski definition) is 4. The molecule has 0 bridgehead atoms. The third kappa shape index (κ3) is 2.19. The fourth-order valence-electron chi connectivity index (χ4n) is 2.22. The summed E-state index contributed by atoms with van der Waals surface area (Å²) in [5.41, 5.74) is 3.24. The normalized spacial score (nSPS) is 15.8. The molecule has 1 aliphatic heterocycles. The Balaban J connectivity index is 2.69. The topological polar surface area (TPSA) is 72.5 Å². The fraction of sp³-hybridized carbons (Fsp3) is 0.214. The number of pyridine rings is 1. The molecule has 2 heterocycles. The number of aromatic nitrogens is 1. The van der Waals surface area contributed by atoms with E-state index in [4.69, 9.17) is 11.6 Å². The standard InChI is InChI=1S/C14H11ClN4/c1-8-11(5-16)14(12(6-17)9(2)19-8)10-3-4-18-7-13(10)15/h3-4,7,14,19H,1-2H3. The molecule has 1 aromatic rings. The second-order valence-electron chi connectivity index (χ2n) is 4.26. The first kappa shape index (κ1) is 13.1. The molecule has 5 heteroatoms. The molecular formula is C14H11ClN4. The summed E-state index contributed by atoms with van der Waals surface area (Å²) in [4.78, 5) is 3.93. The molecule has 0 unspecified atom stereocenters. The highest BCUT2D eigenvalue weighted by Gasteiger charge is 2.30. The number of nitriles is 2. The van der Waals surface area contributed by atoms with Crippen LogP contribution in [0, 0.1) is 22.7 Å². The summed E-state index contributed by atoms with van der Waals surface area (Å²) in [7, 11) is 0. The summed E-state index contributed by atoms with van der Waals surface area (Å²) < 4.78 is 0. The summed E-state index contributed by atoms with van der Waals surface area (Å²) in [6.45, 7) is 3.64. The van der Waals surface area contributed by atoms with E-state index in [1.807, 2.05) is 13.8 Å². The molecule has 4 nitrogen and oxygen atoms in total. The maximum absolute atomic E-state index is 9.35. The molecule has 0 saturated carbocycles. The summed E-state index contributed by atoms with van der Waals surface area (Å²) in [6.07, 6.45) is 3.13. The van der Waals surface area contributed by atoms with Gasteiger partial charge in [-0.25, -0.2) is 0 Å². The zero-order chi connectivity index (χ0) is 14.0. The van der Waals surface area contributed by atoms with Gasteiger partial charge in [0, 0.05) is 23.8 Å². The van der Waals surface area contributed by atoms with Crippen molar-refractivity contribution in [1.29, 1.82) is 10.5 Å². The van der Waals surface area contributed by atoms with Crippen molar-refractivity contribution in [3.05, 3.63) is 51.6 Å². The zero-order valence-corrected chi connectivity index (χ0v) is 11.3. The van der Waals surface area contributed by atoms with Crippen molar-refractivity contribution in [1.82, 2.24) is 10.3 Å². The van der Waals surface area contributed by atoms with Gasteiger partial charge in [0.05, 0.1) is 34.2 Å². The second-order valence-corrected chi connectivity index (χ2v) is 4.66. The molecule has 0 fully saturated rings. The maximum Gasteiger partial charge on any atom is 0.0975 e. The lowest BCUT2D eigenvalue weighted by Crippen LogP contribution is -2.23. The Kier molecular flexibility index (Phi) is 3.55. The summed E-state index contributed by atoms with van der Waals surface area (Å²) in [5, 5.41) is 22.2. The Hall–Kier alpha value is -2.30. The predicted octanol–water partition coefficient (Wildman–Crippen LogP) is 3.02. The van der Waals surface area contributed by atoms with Gasteiger partial charge in [-0.05, 0) is 25.5 Å². The Bertz CT molecular complexity index is 637. The average Bonchev–Trinajstić information content (AvgIpc) is 2.38. The number of nitrogens with one attached hydrogen (secondary N) is 1. The molecule has 1 aliphatic rings. The van der Waals surface area contributed by atoms with E-state index < -0.39 is 5.92 Å². The highest BCUT2D eigenvalue weighted by atomic mass is 35.5. The molecule has 1 N–H and O–H groups in total. The lowest BCUT2D eigenvalue weighted by molar-refractivity contribution is 0.813. The SMILES string of the molecule is CC1=C(C#N)C(c2ccncc2Cl)C(C#N)=C(C)N1. The highest BCUT2D eigenvalue weighted by molar-refractivity contribution is 6.31. The first-order chi connectivity index (χ1) is 9.10. The minimum absolute atomic E-state index is 0.424. The lowest BCUT2D eigenvalue weighted by atomic mass is 9.82. The third-order valence-corrected chi connectivity index (χ3v) is 3.43. The first-order valence-corrected chi connectivity index (χ1v) is 6.06. The Labute approximate surface area is 116 Å². The highest BCUT2D eigenvalue weighted by Crippen LogP contribution is 2.39. The van der Waals surface area contributed by atoms with Crippen molar-refractivity contribution in [3.8, 4) is 12.1 Å². The van der Waals surface area contributed by atoms with E-state index in [0.29, 0.717) is 16.2 Å². The molecule has 19 heavy (non-hydrogen) atoms. The van der Waals surface area contributed by atoms with Crippen LogP contribution >= 0.6 is 11.6 Å². The Morgan fingerprint density at radius 1 is 1.21 bits per heavy atom. The van der Waals surface area contributed by atoms with E-state index in [1.54, 1.807) is 12.3 Å². The van der Waals surface area contributed by atoms with Gasteiger partial charge in [0.25, 0.3) is 0 Å². The van der Waals surface area contributed by atoms with Crippen LogP contribution in [0.2, 0.25) is 5.02 Å². The number of nitrogens with zero attached hydrogens (tertiary/aromatic N) is 3. The van der Waals surface area contributed by atoms with Crippen molar-refractivity contribution >= 4 is 11.6 Å². The molecule has 0 saturated heterocycles. The van der Waals surface area contributed by atoms with Gasteiger partial charge < -0.3 is 5.32 Å². The molecule has 0 radical (unpaired) electrons. The van der Waals surface area contributed by atoms with Gasteiger partial charge in [0.15, 0.2) is 0 Å². The molecule has 1 aromatic heterocycles. The van der Waals surface area contributed by atoms with Crippen LogP contribution in [-0.2, 0) is 0 Å². The van der Waals surface area contributed by atoms with Gasteiger partial charge in [-0.3, -0.25) is 4.98 Å². The average molecular weight is 271 g/mol. The van der Waals surface area contributed by atoms with E-state index in [-0.39, 0.29) is 0 Å². The van der Waals surface area contributed by atoms with Gasteiger partial charge in [0.1, 0.15) is 0 Å². The summed E-state index contributed by atoms with van der Waals surface area (Å²) >= 11 is 6.15. The molecule has 0 amide bonds. The van der Waals surface area contributed by atoms with E-state index in [1.165, 1.54) is 6.20 Å². The second kappa shape index (κ2) is 5.14. The number of dihydropyridines is 1. The Morgan fingerprint density at radius 3 is 2.26 bits per heavy atom. The largest absolute Gasteiger partial charge is 0.361 e. The maximum atomic E-state index is 9.35. The number of allylic oxidation sites excluding steroid dienone is 4. The van der Waals surface area contributed by atoms with Crippen molar-refractivity contribution in [2.45, 2.75) is 19.8 Å². The van der Waals surface area contributed by atoms with Crippen LogP contribution in [-0.4, -0.2) is 4.98 Å². The van der Waals surface area contributed by atoms with Gasteiger partial charge in [-0.2, -0.15) is 10.5 Å². The summed E-state index contributed by atoms with van der Waals surface area (Å²) in [6, 6.07) is 6.08. The fourth-order valence-corrected chi connectivity index (χ4v) is 2.45. The van der Waals surface area contributed by atoms with Crippen LogP contribution in [0.4, 0.5) is 0 Å². The quantitative estimate of drug-likeness (QED) is 0.851. The molecular weight excluding hydrogens is 260 g/mol. The number of halogens is 1. The molecule has 0 aromatic carbocycles. The monoisotopic (exact) mass is 270 g/mol. The van der Waals surface area contributed by atoms with Crippen LogP contribution in [0.3, 0.4) is 0 Å². The van der Waals surface area contributed by atoms with Crippen molar-refractivity contribution < 1.29 is 0 Å². The van der Waals surface area contributed by atoms with E-state index in [2.05, 4.69) is 22.4 Å². The molecule has 0 atom stereocenters. The van der Waals surface area contributed by atoms with Crippen molar-refractivity contribution in [2.24, 2.45) is 0 Å². The van der Waals surface area contributed by atoms with Crippen LogP contribution in [0.1, 0.15) is 25.3 Å². The van der Waals surface area contributed by atoms with Crippen LogP contribution in [0.25, 0.3) is 0 Å². The van der Waals surface area contributed by atoms with Crippen LogP contribution in [0.15, 0.2) is 41.0 Å². The van der Waals surface area contributed by atoms with Crippen LogP contribution < -0.4 is 5.32 Å².